The number of hydrogen-bond donors (Lipinski definition) is 1. The van der Waals surface area contributed by atoms with Crippen LogP contribution in [0.15, 0.2) is 36.4 Å². The van der Waals surface area contributed by atoms with Gasteiger partial charge in [-0.15, -0.1) is 0 Å². The van der Waals surface area contributed by atoms with Crippen molar-refractivity contribution in [3.05, 3.63) is 59.2 Å². The Hall–Kier alpha value is -2.10. The first-order valence-corrected chi connectivity index (χ1v) is 6.07. The summed E-state index contributed by atoms with van der Waals surface area (Å²) in [6, 6.07) is 8.53. The average Bonchev–Trinajstić information content (AvgIpc) is 2.38. The Labute approximate surface area is 109 Å². The summed E-state index contributed by atoms with van der Waals surface area (Å²) < 4.78 is 33.1. The lowest BCUT2D eigenvalue weighted by Gasteiger charge is -2.27. The van der Waals surface area contributed by atoms with Gasteiger partial charge in [-0.25, -0.2) is 8.78 Å². The molecule has 98 valence electrons. The zero-order valence-corrected chi connectivity index (χ0v) is 10.1. The van der Waals surface area contributed by atoms with Gasteiger partial charge in [0.25, 0.3) is 0 Å². The second kappa shape index (κ2) is 4.53. The predicted molar refractivity (Wildman–Crippen MR) is 66.2 cm³/mol. The maximum Gasteiger partial charge on any atom is 0.133 e. The van der Waals surface area contributed by atoms with Gasteiger partial charge in [0.05, 0.1) is 5.56 Å². The third-order valence-electron chi connectivity index (χ3n) is 3.31. The molecular weight excluding hydrogens is 250 g/mol. The fraction of sp³-hybridized carbons (Fsp3) is 0.200. The van der Waals surface area contributed by atoms with Gasteiger partial charge in [0.1, 0.15) is 29.2 Å². The molecule has 1 N–H and O–H groups in total. The molecule has 0 amide bonds. The van der Waals surface area contributed by atoms with Crippen molar-refractivity contribution in [3.8, 4) is 11.5 Å². The minimum atomic E-state index is -0.627. The Bertz CT molecular complexity index is 605. The molecule has 4 heteroatoms. The molecule has 0 spiro atoms. The standard InChI is InChI=1S/C15H12F2O2/c16-11-2-1-3-12(17)15(11)14-6-4-9-8-10(18)5-7-13(9)19-14/h1-3,5,7-8,14,18H,4,6H2. The molecule has 2 aromatic rings. The van der Waals surface area contributed by atoms with E-state index < -0.39 is 17.7 Å². The van der Waals surface area contributed by atoms with Gasteiger partial charge < -0.3 is 9.84 Å². The number of phenols is 1. The third-order valence-corrected chi connectivity index (χ3v) is 3.31. The normalized spacial score (nSPS) is 17.7. The van der Waals surface area contributed by atoms with Crippen LogP contribution in [-0.4, -0.2) is 5.11 Å². The van der Waals surface area contributed by atoms with Crippen molar-refractivity contribution in [2.24, 2.45) is 0 Å². The van der Waals surface area contributed by atoms with E-state index in [1.807, 2.05) is 0 Å². The third kappa shape index (κ3) is 2.14. The van der Waals surface area contributed by atoms with Gasteiger partial charge in [-0.3, -0.25) is 0 Å². The highest BCUT2D eigenvalue weighted by atomic mass is 19.1. The second-order valence-electron chi connectivity index (χ2n) is 4.57. The van der Waals surface area contributed by atoms with Crippen LogP contribution >= 0.6 is 0 Å². The van der Waals surface area contributed by atoms with Crippen molar-refractivity contribution in [2.75, 3.05) is 0 Å². The van der Waals surface area contributed by atoms with E-state index >= 15 is 0 Å². The van der Waals surface area contributed by atoms with Crippen LogP contribution < -0.4 is 4.74 Å². The molecule has 0 bridgehead atoms. The van der Waals surface area contributed by atoms with Crippen molar-refractivity contribution in [2.45, 2.75) is 18.9 Å². The molecule has 0 fully saturated rings. The summed E-state index contributed by atoms with van der Waals surface area (Å²) in [5, 5.41) is 9.38. The largest absolute Gasteiger partial charge is 0.508 e. The van der Waals surface area contributed by atoms with Gasteiger partial charge in [0.2, 0.25) is 0 Å². The van der Waals surface area contributed by atoms with Gasteiger partial charge in [-0.1, -0.05) is 6.07 Å². The zero-order chi connectivity index (χ0) is 13.4. The van der Waals surface area contributed by atoms with Crippen molar-refractivity contribution < 1.29 is 18.6 Å². The summed E-state index contributed by atoms with van der Waals surface area (Å²) >= 11 is 0. The quantitative estimate of drug-likeness (QED) is 0.848. The lowest BCUT2D eigenvalue weighted by molar-refractivity contribution is 0.167. The number of aryl methyl sites for hydroxylation is 1. The van der Waals surface area contributed by atoms with Crippen LogP contribution in [0.4, 0.5) is 8.78 Å². The van der Waals surface area contributed by atoms with Gasteiger partial charge in [-0.05, 0) is 48.7 Å². The number of phenolic OH excluding ortho intramolecular Hbond substituents is 1. The van der Waals surface area contributed by atoms with E-state index in [4.69, 9.17) is 4.74 Å². The minimum absolute atomic E-state index is 0.0266. The molecule has 1 heterocycles. The summed E-state index contributed by atoms with van der Waals surface area (Å²) in [4.78, 5) is 0. The number of ether oxygens (including phenoxy) is 1. The second-order valence-corrected chi connectivity index (χ2v) is 4.57. The van der Waals surface area contributed by atoms with Crippen molar-refractivity contribution >= 4 is 0 Å². The van der Waals surface area contributed by atoms with Crippen LogP contribution in [0.3, 0.4) is 0 Å². The van der Waals surface area contributed by atoms with Crippen LogP contribution in [0.5, 0.6) is 11.5 Å². The molecule has 0 radical (unpaired) electrons. The number of rotatable bonds is 1. The molecule has 1 atom stereocenters. The number of hydrogen-bond acceptors (Lipinski definition) is 2. The van der Waals surface area contributed by atoms with E-state index in [0.717, 1.165) is 5.56 Å². The van der Waals surface area contributed by atoms with Crippen molar-refractivity contribution in [3.63, 3.8) is 0 Å². The highest BCUT2D eigenvalue weighted by Crippen LogP contribution is 2.37. The molecule has 3 rings (SSSR count). The number of fused-ring (bicyclic) bond motifs is 1. The Morgan fingerprint density at radius 3 is 2.58 bits per heavy atom. The SMILES string of the molecule is Oc1ccc2c(c1)CCC(c1c(F)cccc1F)O2. The van der Waals surface area contributed by atoms with E-state index in [-0.39, 0.29) is 11.3 Å². The van der Waals surface area contributed by atoms with Crippen LogP contribution in [-0.2, 0) is 6.42 Å². The Morgan fingerprint density at radius 1 is 1.11 bits per heavy atom. The van der Waals surface area contributed by atoms with Gasteiger partial charge in [0.15, 0.2) is 0 Å². The average molecular weight is 262 g/mol. The Kier molecular flexibility index (Phi) is 2.85. The number of benzene rings is 2. The van der Waals surface area contributed by atoms with E-state index in [1.165, 1.54) is 24.3 Å². The fourth-order valence-corrected chi connectivity index (χ4v) is 2.40. The molecule has 1 unspecified atom stereocenters. The summed E-state index contributed by atoms with van der Waals surface area (Å²) in [6.07, 6.45) is 0.467. The summed E-state index contributed by atoms with van der Waals surface area (Å²) in [7, 11) is 0. The molecule has 2 aromatic carbocycles. The van der Waals surface area contributed by atoms with Crippen LogP contribution in [0.25, 0.3) is 0 Å². The fourth-order valence-electron chi connectivity index (χ4n) is 2.40. The molecule has 1 aliphatic rings. The maximum atomic E-state index is 13.7. The Balaban J connectivity index is 1.96. The van der Waals surface area contributed by atoms with E-state index in [9.17, 15) is 13.9 Å². The summed E-state index contributed by atoms with van der Waals surface area (Å²) in [5.41, 5.74) is 0.828. The van der Waals surface area contributed by atoms with E-state index in [2.05, 4.69) is 0 Å². The van der Waals surface area contributed by atoms with Gasteiger partial charge in [0, 0.05) is 0 Å². The lowest BCUT2D eigenvalue weighted by Crippen LogP contribution is -2.17. The van der Waals surface area contributed by atoms with E-state index in [1.54, 1.807) is 12.1 Å². The molecular formula is C15H12F2O2. The molecule has 19 heavy (non-hydrogen) atoms. The lowest BCUT2D eigenvalue weighted by atomic mass is 9.96. The molecule has 0 aliphatic carbocycles. The topological polar surface area (TPSA) is 29.5 Å². The van der Waals surface area contributed by atoms with E-state index in [0.29, 0.717) is 18.6 Å². The van der Waals surface area contributed by atoms with Gasteiger partial charge in [-0.2, -0.15) is 0 Å². The van der Waals surface area contributed by atoms with Crippen LogP contribution in [0.1, 0.15) is 23.7 Å². The molecule has 0 aromatic heterocycles. The maximum absolute atomic E-state index is 13.7. The molecule has 2 nitrogen and oxygen atoms in total. The molecule has 1 aliphatic heterocycles. The Morgan fingerprint density at radius 2 is 1.84 bits per heavy atom. The monoisotopic (exact) mass is 262 g/mol. The highest BCUT2D eigenvalue weighted by molar-refractivity contribution is 5.42. The summed E-state index contributed by atoms with van der Waals surface area (Å²) in [5.74, 6) is -0.450. The molecule has 0 saturated carbocycles. The number of aromatic hydroxyl groups is 1. The predicted octanol–water partition coefficient (Wildman–Crippen LogP) is 3.74. The first-order valence-electron chi connectivity index (χ1n) is 6.07. The smallest absolute Gasteiger partial charge is 0.133 e. The van der Waals surface area contributed by atoms with Gasteiger partial charge >= 0.3 is 0 Å². The zero-order valence-electron chi connectivity index (χ0n) is 10.1. The number of halogens is 2. The highest BCUT2D eigenvalue weighted by Gasteiger charge is 2.26. The van der Waals surface area contributed by atoms with Crippen molar-refractivity contribution in [1.82, 2.24) is 0 Å². The first-order chi connectivity index (χ1) is 9.15. The first kappa shape index (κ1) is 12.0. The minimum Gasteiger partial charge on any atom is -0.508 e. The van der Waals surface area contributed by atoms with Crippen LogP contribution in [0.2, 0.25) is 0 Å². The summed E-state index contributed by atoms with van der Waals surface area (Å²) in [6.45, 7) is 0. The molecule has 0 saturated heterocycles. The van der Waals surface area contributed by atoms with Crippen molar-refractivity contribution in [1.29, 1.82) is 0 Å². The van der Waals surface area contributed by atoms with Crippen LogP contribution in [0, 0.1) is 11.6 Å².